The Bertz CT molecular complexity index is 527. The number of benzene rings is 2. The maximum absolute atomic E-state index is 13.1. The van der Waals surface area contributed by atoms with Crippen molar-refractivity contribution in [1.29, 1.82) is 0 Å². The Kier molecular flexibility index (Phi) is 4.34. The summed E-state index contributed by atoms with van der Waals surface area (Å²) in [5.74, 6) is -0.209. The molecule has 0 fully saturated rings. The molecule has 18 heavy (non-hydrogen) atoms. The van der Waals surface area contributed by atoms with E-state index < -0.39 is 0 Å². The third-order valence-corrected chi connectivity index (χ3v) is 3.27. The van der Waals surface area contributed by atoms with Crippen LogP contribution in [0.1, 0.15) is 24.1 Å². The van der Waals surface area contributed by atoms with Crippen LogP contribution in [-0.2, 0) is 6.54 Å². The van der Waals surface area contributed by atoms with Crippen molar-refractivity contribution in [2.45, 2.75) is 19.5 Å². The van der Waals surface area contributed by atoms with Crippen molar-refractivity contribution in [3.05, 3.63) is 70.5 Å². The van der Waals surface area contributed by atoms with Gasteiger partial charge in [-0.1, -0.05) is 41.9 Å². The number of rotatable bonds is 4. The van der Waals surface area contributed by atoms with E-state index in [1.165, 1.54) is 6.07 Å². The van der Waals surface area contributed by atoms with Crippen LogP contribution < -0.4 is 5.32 Å². The summed E-state index contributed by atoms with van der Waals surface area (Å²) in [6.45, 7) is 2.67. The van der Waals surface area contributed by atoms with E-state index in [-0.39, 0.29) is 11.9 Å². The summed E-state index contributed by atoms with van der Waals surface area (Å²) in [6.07, 6.45) is 0. The molecule has 0 radical (unpaired) electrons. The van der Waals surface area contributed by atoms with Gasteiger partial charge in [-0.3, -0.25) is 0 Å². The number of hydrogen-bond donors (Lipinski definition) is 1. The van der Waals surface area contributed by atoms with Crippen molar-refractivity contribution >= 4 is 11.6 Å². The van der Waals surface area contributed by atoms with E-state index in [4.69, 9.17) is 11.6 Å². The van der Waals surface area contributed by atoms with E-state index in [1.54, 1.807) is 12.1 Å². The highest BCUT2D eigenvalue weighted by Gasteiger charge is 2.06. The lowest BCUT2D eigenvalue weighted by atomic mass is 10.1. The predicted octanol–water partition coefficient (Wildman–Crippen LogP) is 4.33. The van der Waals surface area contributed by atoms with Gasteiger partial charge in [-0.25, -0.2) is 4.39 Å². The summed E-state index contributed by atoms with van der Waals surface area (Å²) in [5.41, 5.74) is 1.98. The second kappa shape index (κ2) is 5.98. The molecule has 2 rings (SSSR count). The van der Waals surface area contributed by atoms with Gasteiger partial charge in [-0.15, -0.1) is 0 Å². The van der Waals surface area contributed by atoms with E-state index in [0.29, 0.717) is 6.54 Å². The SMILES string of the molecule is CC(NCc1ccccc1Cl)c1cccc(F)c1. The van der Waals surface area contributed by atoms with Gasteiger partial charge in [0.25, 0.3) is 0 Å². The van der Waals surface area contributed by atoms with Crippen LogP contribution >= 0.6 is 11.6 Å². The van der Waals surface area contributed by atoms with Gasteiger partial charge in [-0.05, 0) is 36.2 Å². The molecule has 2 aromatic carbocycles. The fourth-order valence-corrected chi connectivity index (χ4v) is 2.00. The maximum atomic E-state index is 13.1. The summed E-state index contributed by atoms with van der Waals surface area (Å²) in [4.78, 5) is 0. The van der Waals surface area contributed by atoms with Crippen LogP contribution in [0.2, 0.25) is 5.02 Å². The van der Waals surface area contributed by atoms with Crippen molar-refractivity contribution in [3.8, 4) is 0 Å². The number of hydrogen-bond acceptors (Lipinski definition) is 1. The molecule has 1 nitrogen and oxygen atoms in total. The molecule has 1 unspecified atom stereocenters. The van der Waals surface area contributed by atoms with Crippen LogP contribution in [0.5, 0.6) is 0 Å². The minimum atomic E-state index is -0.209. The van der Waals surface area contributed by atoms with Crippen LogP contribution in [0.15, 0.2) is 48.5 Å². The first-order chi connectivity index (χ1) is 8.66. The fourth-order valence-electron chi connectivity index (χ4n) is 1.80. The average Bonchev–Trinajstić information content (AvgIpc) is 2.37. The molecule has 0 heterocycles. The molecule has 0 saturated carbocycles. The zero-order valence-electron chi connectivity index (χ0n) is 10.2. The van der Waals surface area contributed by atoms with Crippen LogP contribution in [0.25, 0.3) is 0 Å². The molecule has 0 bridgehead atoms. The first-order valence-corrected chi connectivity index (χ1v) is 6.27. The minimum absolute atomic E-state index is 0.0805. The van der Waals surface area contributed by atoms with E-state index >= 15 is 0 Å². The van der Waals surface area contributed by atoms with E-state index in [1.807, 2.05) is 37.3 Å². The minimum Gasteiger partial charge on any atom is -0.306 e. The molecule has 0 aliphatic carbocycles. The number of nitrogens with one attached hydrogen (secondary N) is 1. The fraction of sp³-hybridized carbons (Fsp3) is 0.200. The molecule has 2 aromatic rings. The van der Waals surface area contributed by atoms with Gasteiger partial charge in [0.2, 0.25) is 0 Å². The molecule has 0 amide bonds. The third kappa shape index (κ3) is 3.31. The Balaban J connectivity index is 2.00. The van der Waals surface area contributed by atoms with Crippen LogP contribution in [0.4, 0.5) is 4.39 Å². The molecule has 94 valence electrons. The molecule has 3 heteroatoms. The van der Waals surface area contributed by atoms with Crippen LogP contribution in [-0.4, -0.2) is 0 Å². The van der Waals surface area contributed by atoms with Gasteiger partial charge in [0, 0.05) is 17.6 Å². The molecule has 0 aliphatic heterocycles. The average molecular weight is 264 g/mol. The molecular formula is C15H15ClFN. The van der Waals surface area contributed by atoms with E-state index in [0.717, 1.165) is 16.1 Å². The van der Waals surface area contributed by atoms with Gasteiger partial charge in [0.15, 0.2) is 0 Å². The smallest absolute Gasteiger partial charge is 0.123 e. The molecule has 0 aliphatic rings. The van der Waals surface area contributed by atoms with Gasteiger partial charge in [0.05, 0.1) is 0 Å². The van der Waals surface area contributed by atoms with E-state index in [2.05, 4.69) is 5.32 Å². The number of halogens is 2. The summed E-state index contributed by atoms with van der Waals surface area (Å²) >= 11 is 6.08. The predicted molar refractivity (Wildman–Crippen MR) is 73.1 cm³/mol. The van der Waals surface area contributed by atoms with Gasteiger partial charge >= 0.3 is 0 Å². The second-order valence-electron chi connectivity index (χ2n) is 4.25. The third-order valence-electron chi connectivity index (χ3n) is 2.91. The zero-order valence-corrected chi connectivity index (χ0v) is 10.9. The Labute approximate surface area is 112 Å². The molecular weight excluding hydrogens is 249 g/mol. The molecule has 0 saturated heterocycles. The quantitative estimate of drug-likeness (QED) is 0.866. The first-order valence-electron chi connectivity index (χ1n) is 5.89. The zero-order chi connectivity index (χ0) is 13.0. The standard InChI is InChI=1S/C15H15ClFN/c1-11(12-6-4-7-14(17)9-12)18-10-13-5-2-3-8-15(13)16/h2-9,11,18H,10H2,1H3. The van der Waals surface area contributed by atoms with Gasteiger partial charge in [-0.2, -0.15) is 0 Å². The summed E-state index contributed by atoms with van der Waals surface area (Å²) in [7, 11) is 0. The normalized spacial score (nSPS) is 12.4. The lowest BCUT2D eigenvalue weighted by Gasteiger charge is -2.15. The Morgan fingerprint density at radius 2 is 1.94 bits per heavy atom. The van der Waals surface area contributed by atoms with Crippen molar-refractivity contribution in [2.75, 3.05) is 0 Å². The molecule has 1 N–H and O–H groups in total. The topological polar surface area (TPSA) is 12.0 Å². The van der Waals surface area contributed by atoms with Crippen molar-refractivity contribution in [2.24, 2.45) is 0 Å². The summed E-state index contributed by atoms with van der Waals surface area (Å²) in [6, 6.07) is 14.4. The lowest BCUT2D eigenvalue weighted by Crippen LogP contribution is -2.18. The highest BCUT2D eigenvalue weighted by molar-refractivity contribution is 6.31. The second-order valence-corrected chi connectivity index (χ2v) is 4.66. The highest BCUT2D eigenvalue weighted by atomic mass is 35.5. The highest BCUT2D eigenvalue weighted by Crippen LogP contribution is 2.17. The monoisotopic (exact) mass is 263 g/mol. The largest absolute Gasteiger partial charge is 0.306 e. The van der Waals surface area contributed by atoms with Crippen LogP contribution in [0.3, 0.4) is 0 Å². The first kappa shape index (κ1) is 13.1. The van der Waals surface area contributed by atoms with Crippen LogP contribution in [0, 0.1) is 5.82 Å². The Morgan fingerprint density at radius 1 is 1.17 bits per heavy atom. The van der Waals surface area contributed by atoms with Crippen molar-refractivity contribution < 1.29 is 4.39 Å². The maximum Gasteiger partial charge on any atom is 0.123 e. The Hall–Kier alpha value is -1.38. The van der Waals surface area contributed by atoms with E-state index in [9.17, 15) is 4.39 Å². The Morgan fingerprint density at radius 3 is 2.67 bits per heavy atom. The van der Waals surface area contributed by atoms with Gasteiger partial charge < -0.3 is 5.32 Å². The molecule has 0 aromatic heterocycles. The lowest BCUT2D eigenvalue weighted by molar-refractivity contribution is 0.565. The summed E-state index contributed by atoms with van der Waals surface area (Å²) < 4.78 is 13.1. The molecule has 0 spiro atoms. The van der Waals surface area contributed by atoms with Crippen molar-refractivity contribution in [1.82, 2.24) is 5.32 Å². The molecule has 1 atom stereocenters. The van der Waals surface area contributed by atoms with Crippen molar-refractivity contribution in [3.63, 3.8) is 0 Å². The summed E-state index contributed by atoms with van der Waals surface area (Å²) in [5, 5.41) is 4.08. The van der Waals surface area contributed by atoms with Gasteiger partial charge in [0.1, 0.15) is 5.82 Å².